The third kappa shape index (κ3) is 4.11. The third-order valence-electron chi connectivity index (χ3n) is 5.49. The summed E-state index contributed by atoms with van der Waals surface area (Å²) in [7, 11) is 0. The van der Waals surface area contributed by atoms with Crippen molar-refractivity contribution in [2.24, 2.45) is 0 Å². The van der Waals surface area contributed by atoms with Gasteiger partial charge in [0.15, 0.2) is 5.82 Å². The normalized spacial score (nSPS) is 16.7. The van der Waals surface area contributed by atoms with Crippen molar-refractivity contribution in [2.45, 2.75) is 32.5 Å². The van der Waals surface area contributed by atoms with E-state index >= 15 is 0 Å². The predicted molar refractivity (Wildman–Crippen MR) is 109 cm³/mol. The summed E-state index contributed by atoms with van der Waals surface area (Å²) in [5.41, 5.74) is -0.101. The first kappa shape index (κ1) is 21.6. The van der Waals surface area contributed by atoms with Gasteiger partial charge in [0.25, 0.3) is 0 Å². The van der Waals surface area contributed by atoms with Crippen LogP contribution < -0.4 is 0 Å². The fourth-order valence-electron chi connectivity index (χ4n) is 3.80. The number of aromatic hydroxyl groups is 1. The van der Waals surface area contributed by atoms with Crippen LogP contribution in [0.1, 0.15) is 41.7 Å². The molecule has 31 heavy (non-hydrogen) atoms. The molecule has 0 spiro atoms. The average molecular weight is 453 g/mol. The number of carbonyl (C=O) groups excluding carboxylic acids is 1. The molecule has 1 aliphatic rings. The topological polar surface area (TPSA) is 74.0 Å². The van der Waals surface area contributed by atoms with Gasteiger partial charge in [0.2, 0.25) is 16.7 Å². The van der Waals surface area contributed by atoms with Gasteiger partial charge in [-0.25, -0.2) is 4.98 Å². The molecule has 1 fully saturated rings. The number of alkyl halides is 3. The fraction of sp³-hybridized carbons (Fsp3) is 0.450. The van der Waals surface area contributed by atoms with Gasteiger partial charge in [0.1, 0.15) is 0 Å². The molecule has 0 saturated carbocycles. The van der Waals surface area contributed by atoms with Crippen molar-refractivity contribution >= 4 is 22.2 Å². The highest BCUT2D eigenvalue weighted by atomic mass is 32.1. The lowest BCUT2D eigenvalue weighted by molar-refractivity contribution is -0.137. The van der Waals surface area contributed by atoms with E-state index in [4.69, 9.17) is 0 Å². The Morgan fingerprint density at radius 1 is 1.19 bits per heavy atom. The molecule has 0 aliphatic carbocycles. The highest BCUT2D eigenvalue weighted by Crippen LogP contribution is 2.41. The van der Waals surface area contributed by atoms with E-state index in [1.54, 1.807) is 4.90 Å². The minimum Gasteiger partial charge on any atom is -0.492 e. The quantitative estimate of drug-likeness (QED) is 0.656. The molecule has 1 aromatic carbocycles. The number of rotatable bonds is 4. The molecule has 166 valence electrons. The summed E-state index contributed by atoms with van der Waals surface area (Å²) in [4.78, 5) is 21.0. The number of halogens is 3. The van der Waals surface area contributed by atoms with Gasteiger partial charge in [-0.3, -0.25) is 9.69 Å². The van der Waals surface area contributed by atoms with E-state index in [-0.39, 0.29) is 11.8 Å². The highest BCUT2D eigenvalue weighted by molar-refractivity contribution is 7.17. The number of benzene rings is 1. The second-order valence-electron chi connectivity index (χ2n) is 7.43. The van der Waals surface area contributed by atoms with Crippen molar-refractivity contribution in [1.82, 2.24) is 24.4 Å². The molecule has 4 rings (SSSR count). The first-order valence-electron chi connectivity index (χ1n) is 9.93. The number of aromatic nitrogens is 3. The smallest absolute Gasteiger partial charge is 0.416 e. The second kappa shape index (κ2) is 8.12. The maximum atomic E-state index is 13.0. The summed E-state index contributed by atoms with van der Waals surface area (Å²) in [6.07, 6.45) is -3.80. The summed E-state index contributed by atoms with van der Waals surface area (Å²) in [5.74, 6) is 0.528. The summed E-state index contributed by atoms with van der Waals surface area (Å²) >= 11 is 1.27. The monoisotopic (exact) mass is 453 g/mol. The lowest BCUT2D eigenvalue weighted by atomic mass is 10.0. The van der Waals surface area contributed by atoms with Crippen LogP contribution in [-0.4, -0.2) is 61.6 Å². The zero-order valence-corrected chi connectivity index (χ0v) is 17.9. The van der Waals surface area contributed by atoms with E-state index in [9.17, 15) is 23.1 Å². The minimum absolute atomic E-state index is 0.0144. The van der Waals surface area contributed by atoms with E-state index in [0.29, 0.717) is 53.8 Å². The number of fused-ring (bicyclic) bond motifs is 1. The Labute approximate surface area is 180 Å². The van der Waals surface area contributed by atoms with Crippen LogP contribution in [-0.2, 0) is 17.4 Å². The van der Waals surface area contributed by atoms with Crippen LogP contribution in [0.15, 0.2) is 24.3 Å². The molecule has 0 bridgehead atoms. The van der Waals surface area contributed by atoms with Gasteiger partial charge in [0.05, 0.1) is 16.5 Å². The zero-order chi connectivity index (χ0) is 22.3. The molecule has 1 atom stereocenters. The number of piperazine rings is 1. The minimum atomic E-state index is -4.42. The van der Waals surface area contributed by atoms with Crippen molar-refractivity contribution in [1.29, 1.82) is 0 Å². The fourth-order valence-corrected chi connectivity index (χ4v) is 4.93. The molecule has 1 saturated heterocycles. The molecular formula is C20H22F3N5O2S. The van der Waals surface area contributed by atoms with E-state index in [1.165, 1.54) is 34.9 Å². The SMILES string of the molecule is CCc1nc2sc([C@H](c3ccc(C(F)(F)F)cc3)N3CCN(C(C)=O)CC3)c(O)n2n1. The molecule has 3 aromatic rings. The Morgan fingerprint density at radius 3 is 2.35 bits per heavy atom. The molecule has 2 aromatic heterocycles. The summed E-state index contributed by atoms with van der Waals surface area (Å²) in [6, 6.07) is 4.51. The van der Waals surface area contributed by atoms with Crippen LogP contribution in [0.3, 0.4) is 0 Å². The Balaban J connectivity index is 1.74. The summed E-state index contributed by atoms with van der Waals surface area (Å²) in [6.45, 7) is 5.50. The van der Waals surface area contributed by atoms with Crippen molar-refractivity contribution in [2.75, 3.05) is 26.2 Å². The molecule has 3 heterocycles. The van der Waals surface area contributed by atoms with Crippen LogP contribution >= 0.6 is 11.3 Å². The molecular weight excluding hydrogens is 431 g/mol. The summed E-state index contributed by atoms with van der Waals surface area (Å²) < 4.78 is 40.5. The number of amides is 1. The largest absolute Gasteiger partial charge is 0.492 e. The maximum absolute atomic E-state index is 13.0. The standard InChI is InChI=1S/C20H22F3N5O2S/c1-3-15-24-19-28(25-15)18(30)17(31-19)16(27-10-8-26(9-11-27)12(2)29)13-4-6-14(7-5-13)20(21,22)23/h4-7,16,30H,3,8-11H2,1-2H3/t16-/m0/s1. The summed E-state index contributed by atoms with van der Waals surface area (Å²) in [5, 5.41) is 15.2. The number of aryl methyl sites for hydroxylation is 1. The van der Waals surface area contributed by atoms with Crippen molar-refractivity contribution in [3.05, 3.63) is 46.1 Å². The molecule has 7 nitrogen and oxygen atoms in total. The zero-order valence-electron chi connectivity index (χ0n) is 17.1. The molecule has 0 unspecified atom stereocenters. The molecule has 1 aliphatic heterocycles. The van der Waals surface area contributed by atoms with E-state index < -0.39 is 17.8 Å². The molecule has 1 N–H and O–H groups in total. The number of thiazole rings is 1. The number of nitrogens with zero attached hydrogens (tertiary/aromatic N) is 5. The van der Waals surface area contributed by atoms with Crippen LogP contribution in [0.2, 0.25) is 0 Å². The van der Waals surface area contributed by atoms with E-state index in [2.05, 4.69) is 15.0 Å². The maximum Gasteiger partial charge on any atom is 0.416 e. The van der Waals surface area contributed by atoms with Crippen molar-refractivity contribution in [3.63, 3.8) is 0 Å². The van der Waals surface area contributed by atoms with Gasteiger partial charge in [0, 0.05) is 39.5 Å². The first-order valence-corrected chi connectivity index (χ1v) is 10.7. The first-order chi connectivity index (χ1) is 14.7. The Kier molecular flexibility index (Phi) is 5.65. The Bertz CT molecular complexity index is 1080. The van der Waals surface area contributed by atoms with Crippen LogP contribution in [0.4, 0.5) is 13.2 Å². The van der Waals surface area contributed by atoms with Crippen molar-refractivity contribution in [3.8, 4) is 5.88 Å². The lowest BCUT2D eigenvalue weighted by Crippen LogP contribution is -2.49. The van der Waals surface area contributed by atoms with Gasteiger partial charge < -0.3 is 10.0 Å². The third-order valence-corrected chi connectivity index (χ3v) is 6.56. The Hall–Kier alpha value is -2.66. The number of hydrogen-bond acceptors (Lipinski definition) is 6. The van der Waals surface area contributed by atoms with Crippen LogP contribution in [0.25, 0.3) is 4.96 Å². The van der Waals surface area contributed by atoms with Crippen LogP contribution in [0.5, 0.6) is 5.88 Å². The Morgan fingerprint density at radius 2 is 1.84 bits per heavy atom. The van der Waals surface area contributed by atoms with E-state index in [1.807, 2.05) is 6.92 Å². The van der Waals surface area contributed by atoms with Crippen LogP contribution in [0, 0.1) is 0 Å². The van der Waals surface area contributed by atoms with Gasteiger partial charge in [-0.1, -0.05) is 30.4 Å². The second-order valence-corrected chi connectivity index (χ2v) is 8.44. The molecule has 11 heteroatoms. The lowest BCUT2D eigenvalue weighted by Gasteiger charge is -2.38. The van der Waals surface area contributed by atoms with Gasteiger partial charge >= 0.3 is 6.18 Å². The van der Waals surface area contributed by atoms with Gasteiger partial charge in [-0.05, 0) is 17.7 Å². The average Bonchev–Trinajstić information content (AvgIpc) is 3.28. The molecule has 0 radical (unpaired) electrons. The number of carbonyl (C=O) groups is 1. The highest BCUT2D eigenvalue weighted by Gasteiger charge is 2.34. The van der Waals surface area contributed by atoms with Gasteiger partial charge in [-0.15, -0.1) is 5.10 Å². The molecule has 1 amide bonds. The predicted octanol–water partition coefficient (Wildman–Crippen LogP) is 3.33. The number of hydrogen-bond donors (Lipinski definition) is 1. The van der Waals surface area contributed by atoms with Gasteiger partial charge in [-0.2, -0.15) is 17.7 Å². The van der Waals surface area contributed by atoms with E-state index in [0.717, 1.165) is 12.1 Å². The van der Waals surface area contributed by atoms with Crippen molar-refractivity contribution < 1.29 is 23.1 Å².